The van der Waals surface area contributed by atoms with Crippen LogP contribution in [0.2, 0.25) is 0 Å². The zero-order valence-electron chi connectivity index (χ0n) is 19.1. The maximum Gasteiger partial charge on any atom is 0.243 e. The van der Waals surface area contributed by atoms with Gasteiger partial charge < -0.3 is 20.7 Å². The molecule has 0 aromatic heterocycles. The minimum Gasteiger partial charge on any atom is -0.497 e. The highest BCUT2D eigenvalue weighted by Crippen LogP contribution is 2.27. The van der Waals surface area contributed by atoms with Crippen LogP contribution in [0.3, 0.4) is 0 Å². The maximum absolute atomic E-state index is 13.0. The molecule has 0 spiro atoms. The van der Waals surface area contributed by atoms with Crippen molar-refractivity contribution < 1.29 is 14.3 Å². The van der Waals surface area contributed by atoms with Gasteiger partial charge in [-0.05, 0) is 68.1 Å². The van der Waals surface area contributed by atoms with E-state index in [1.54, 1.807) is 7.11 Å². The van der Waals surface area contributed by atoms with Crippen molar-refractivity contribution in [2.24, 2.45) is 11.8 Å². The summed E-state index contributed by atoms with van der Waals surface area (Å²) in [5.74, 6) is 3.16. The molecule has 3 rings (SSSR count). The first-order chi connectivity index (χ1) is 15.2. The number of ether oxygens (including phenoxy) is 1. The van der Waals surface area contributed by atoms with E-state index >= 15 is 0 Å². The van der Waals surface area contributed by atoms with Crippen molar-refractivity contribution in [3.63, 3.8) is 0 Å². The molecule has 1 heterocycles. The summed E-state index contributed by atoms with van der Waals surface area (Å²) in [6.45, 7) is 2.17. The number of halogens is 1. The average molecular weight is 484 g/mol. The predicted molar refractivity (Wildman–Crippen MR) is 134 cm³/mol. The van der Waals surface area contributed by atoms with E-state index in [4.69, 9.17) is 4.74 Å². The van der Waals surface area contributed by atoms with Gasteiger partial charge >= 0.3 is 0 Å². The summed E-state index contributed by atoms with van der Waals surface area (Å²) < 4.78 is 5.19. The third-order valence-corrected chi connectivity index (χ3v) is 7.61. The van der Waals surface area contributed by atoms with Gasteiger partial charge in [-0.2, -0.15) is 11.8 Å². The highest BCUT2D eigenvalue weighted by atomic mass is 35.5. The molecule has 1 aromatic rings. The Hall–Kier alpha value is -1.44. The molecular weight excluding hydrogens is 446 g/mol. The Morgan fingerprint density at radius 2 is 1.78 bits per heavy atom. The summed E-state index contributed by atoms with van der Waals surface area (Å²) in [7, 11) is 1.64. The molecule has 0 unspecified atom stereocenters. The fourth-order valence-corrected chi connectivity index (χ4v) is 5.59. The lowest BCUT2D eigenvalue weighted by molar-refractivity contribution is -0.131. The van der Waals surface area contributed by atoms with Crippen LogP contribution in [-0.2, 0) is 16.1 Å². The van der Waals surface area contributed by atoms with Gasteiger partial charge in [0.05, 0.1) is 7.11 Å². The van der Waals surface area contributed by atoms with Crippen molar-refractivity contribution in [2.45, 2.75) is 57.5 Å². The van der Waals surface area contributed by atoms with Gasteiger partial charge in [-0.3, -0.25) is 9.59 Å². The van der Waals surface area contributed by atoms with Crippen molar-refractivity contribution >= 4 is 36.0 Å². The summed E-state index contributed by atoms with van der Waals surface area (Å²) in [4.78, 5) is 25.7. The number of amides is 2. The number of hydrogen-bond donors (Lipinski definition) is 3. The van der Waals surface area contributed by atoms with Gasteiger partial charge in [0.1, 0.15) is 11.8 Å². The second-order valence-electron chi connectivity index (χ2n) is 8.69. The van der Waals surface area contributed by atoms with E-state index in [-0.39, 0.29) is 30.1 Å². The molecule has 0 radical (unpaired) electrons. The molecule has 0 bridgehead atoms. The van der Waals surface area contributed by atoms with Crippen LogP contribution in [0, 0.1) is 11.8 Å². The molecule has 1 saturated carbocycles. The van der Waals surface area contributed by atoms with Crippen LogP contribution in [0.15, 0.2) is 24.3 Å². The van der Waals surface area contributed by atoms with Crippen LogP contribution < -0.4 is 20.7 Å². The van der Waals surface area contributed by atoms with Crippen LogP contribution in [0.4, 0.5) is 0 Å². The third-order valence-electron chi connectivity index (χ3n) is 6.33. The number of carbonyl (C=O) groups is 2. The number of nitrogens with one attached hydrogen (secondary N) is 3. The standard InChI is InChI=1S/C24H37N3O3S.ClH/c1-30-21-9-7-18(8-10-21)15-26-24(29)22(17-31-16-19-5-3-2-4-6-19)27-23(28)20-11-13-25-14-12-20;/h7-10,19-20,22,25H,2-6,11-17H2,1H3,(H,26,29)(H,27,28);1H/t22-;/m0./s1. The molecule has 2 aliphatic rings. The lowest BCUT2D eigenvalue weighted by Crippen LogP contribution is -2.51. The van der Waals surface area contributed by atoms with Gasteiger partial charge in [0.15, 0.2) is 0 Å². The Balaban J connectivity index is 0.00000363. The molecule has 1 saturated heterocycles. The lowest BCUT2D eigenvalue weighted by atomic mass is 9.91. The molecule has 2 amide bonds. The molecule has 2 fully saturated rings. The molecular formula is C24H38ClN3O3S. The summed E-state index contributed by atoms with van der Waals surface area (Å²) in [5, 5.41) is 9.36. The number of carbonyl (C=O) groups excluding carboxylic acids is 2. The fourth-order valence-electron chi connectivity index (χ4n) is 4.32. The van der Waals surface area contributed by atoms with Gasteiger partial charge in [-0.1, -0.05) is 31.4 Å². The highest BCUT2D eigenvalue weighted by molar-refractivity contribution is 7.99. The summed E-state index contributed by atoms with van der Waals surface area (Å²) in [5.41, 5.74) is 1.01. The van der Waals surface area contributed by atoms with Crippen LogP contribution >= 0.6 is 24.2 Å². The average Bonchev–Trinajstić information content (AvgIpc) is 2.83. The van der Waals surface area contributed by atoms with Crippen molar-refractivity contribution in [2.75, 3.05) is 31.7 Å². The molecule has 1 atom stereocenters. The third kappa shape index (κ3) is 8.83. The number of thioether (sulfide) groups is 1. The minimum atomic E-state index is -0.491. The normalized spacial score (nSPS) is 18.3. The monoisotopic (exact) mass is 483 g/mol. The van der Waals surface area contributed by atoms with Crippen molar-refractivity contribution in [3.05, 3.63) is 29.8 Å². The molecule has 6 nitrogen and oxygen atoms in total. The van der Waals surface area contributed by atoms with E-state index in [1.165, 1.54) is 32.1 Å². The Morgan fingerprint density at radius 3 is 2.44 bits per heavy atom. The largest absolute Gasteiger partial charge is 0.497 e. The van der Waals surface area contributed by atoms with Crippen molar-refractivity contribution in [1.29, 1.82) is 0 Å². The van der Waals surface area contributed by atoms with Gasteiger partial charge in [0.25, 0.3) is 0 Å². The van der Waals surface area contributed by atoms with Crippen LogP contribution in [0.25, 0.3) is 0 Å². The molecule has 180 valence electrons. The highest BCUT2D eigenvalue weighted by Gasteiger charge is 2.27. The number of rotatable bonds is 10. The SMILES string of the molecule is COc1ccc(CNC(=O)[C@H](CSCC2CCCCC2)NC(=O)C2CCNCC2)cc1.Cl. The van der Waals surface area contributed by atoms with Crippen LogP contribution in [-0.4, -0.2) is 49.6 Å². The van der Waals surface area contributed by atoms with E-state index in [9.17, 15) is 9.59 Å². The predicted octanol–water partition coefficient (Wildman–Crippen LogP) is 3.53. The zero-order valence-corrected chi connectivity index (χ0v) is 20.7. The maximum atomic E-state index is 13.0. The van der Waals surface area contributed by atoms with E-state index in [2.05, 4.69) is 16.0 Å². The Kier molecular flexibility index (Phi) is 12.3. The second kappa shape index (κ2) is 14.7. The summed E-state index contributed by atoms with van der Waals surface area (Å²) in [6.07, 6.45) is 8.25. The lowest BCUT2D eigenvalue weighted by Gasteiger charge is -2.26. The number of hydrogen-bond acceptors (Lipinski definition) is 5. The van der Waals surface area contributed by atoms with Crippen molar-refractivity contribution in [3.8, 4) is 5.75 Å². The summed E-state index contributed by atoms with van der Waals surface area (Å²) in [6, 6.07) is 7.17. The van der Waals surface area contributed by atoms with Gasteiger partial charge in [0.2, 0.25) is 11.8 Å². The van der Waals surface area contributed by atoms with E-state index in [0.717, 1.165) is 48.9 Å². The number of benzene rings is 1. The molecule has 1 aromatic carbocycles. The Bertz CT molecular complexity index is 692. The Labute approximate surface area is 202 Å². The fraction of sp³-hybridized carbons (Fsp3) is 0.667. The molecule has 32 heavy (non-hydrogen) atoms. The van der Waals surface area contributed by atoms with Gasteiger partial charge in [-0.25, -0.2) is 0 Å². The quantitative estimate of drug-likeness (QED) is 0.474. The molecule has 3 N–H and O–H groups in total. The Morgan fingerprint density at radius 1 is 1.09 bits per heavy atom. The minimum absolute atomic E-state index is 0. The van der Waals surface area contributed by atoms with Gasteiger partial charge in [0, 0.05) is 18.2 Å². The second-order valence-corrected chi connectivity index (χ2v) is 9.77. The topological polar surface area (TPSA) is 79.5 Å². The molecule has 1 aliphatic heterocycles. The number of piperidine rings is 1. The number of methoxy groups -OCH3 is 1. The van der Waals surface area contributed by atoms with Crippen molar-refractivity contribution in [1.82, 2.24) is 16.0 Å². The first kappa shape index (κ1) is 26.8. The van der Waals surface area contributed by atoms with Crippen LogP contribution in [0.1, 0.15) is 50.5 Å². The first-order valence-electron chi connectivity index (χ1n) is 11.6. The molecule has 1 aliphatic carbocycles. The summed E-state index contributed by atoms with van der Waals surface area (Å²) >= 11 is 1.81. The van der Waals surface area contributed by atoms with E-state index in [0.29, 0.717) is 12.3 Å². The zero-order chi connectivity index (χ0) is 21.9. The van der Waals surface area contributed by atoms with E-state index in [1.807, 2.05) is 36.0 Å². The molecule has 8 heteroatoms. The first-order valence-corrected chi connectivity index (χ1v) is 12.8. The van der Waals surface area contributed by atoms with Gasteiger partial charge in [-0.15, -0.1) is 12.4 Å². The van der Waals surface area contributed by atoms with E-state index < -0.39 is 6.04 Å². The van der Waals surface area contributed by atoms with Crippen LogP contribution in [0.5, 0.6) is 5.75 Å². The smallest absolute Gasteiger partial charge is 0.243 e.